The van der Waals surface area contributed by atoms with Crippen molar-refractivity contribution in [1.29, 1.82) is 5.26 Å². The monoisotopic (exact) mass is 217 g/mol. The van der Waals surface area contributed by atoms with E-state index in [1.165, 1.54) is 35.5 Å². The van der Waals surface area contributed by atoms with Crippen molar-refractivity contribution in [2.45, 2.75) is 25.2 Å². The lowest BCUT2D eigenvalue weighted by atomic mass is 9.89. The van der Waals surface area contributed by atoms with Crippen molar-refractivity contribution in [3.63, 3.8) is 0 Å². The van der Waals surface area contributed by atoms with Crippen LogP contribution in [0.4, 0.5) is 0 Å². The summed E-state index contributed by atoms with van der Waals surface area (Å²) < 4.78 is 0. The highest BCUT2D eigenvalue weighted by molar-refractivity contribution is 7.99. The molecule has 0 unspecified atom stereocenters. The van der Waals surface area contributed by atoms with Gasteiger partial charge in [0, 0.05) is 0 Å². The average molecular weight is 217 g/mol. The molecule has 0 radical (unpaired) electrons. The highest BCUT2D eigenvalue weighted by Crippen LogP contribution is 2.33. The maximum atomic E-state index is 8.79. The van der Waals surface area contributed by atoms with Gasteiger partial charge in [-0.2, -0.15) is 17.0 Å². The number of rotatable bonds is 2. The number of nitrogens with zero attached hydrogens (tertiary/aromatic N) is 1. The molecule has 0 spiro atoms. The maximum Gasteiger partial charge on any atom is 0.0669 e. The van der Waals surface area contributed by atoms with Crippen molar-refractivity contribution < 1.29 is 0 Å². The Bertz CT molecular complexity index is 361. The maximum absolute atomic E-state index is 8.79. The fourth-order valence-corrected chi connectivity index (χ4v) is 3.29. The Hall–Kier alpha value is -0.940. The largest absolute Gasteiger partial charge is 0.198 e. The summed E-state index contributed by atoms with van der Waals surface area (Å²) >= 11 is 2.05. The van der Waals surface area contributed by atoms with Gasteiger partial charge in [0.05, 0.1) is 12.5 Å². The first-order valence-electron chi connectivity index (χ1n) is 5.44. The van der Waals surface area contributed by atoms with E-state index in [2.05, 4.69) is 24.3 Å². The van der Waals surface area contributed by atoms with E-state index in [1.807, 2.05) is 17.8 Å². The van der Waals surface area contributed by atoms with Gasteiger partial charge in [0.1, 0.15) is 0 Å². The van der Waals surface area contributed by atoms with Gasteiger partial charge in [-0.1, -0.05) is 24.3 Å². The van der Waals surface area contributed by atoms with E-state index in [4.69, 9.17) is 5.26 Å². The second kappa shape index (κ2) is 5.23. The minimum Gasteiger partial charge on any atom is -0.198 e. The summed E-state index contributed by atoms with van der Waals surface area (Å²) in [6, 6.07) is 10.7. The lowest BCUT2D eigenvalue weighted by Crippen LogP contribution is -2.09. The molecule has 1 saturated heterocycles. The van der Waals surface area contributed by atoms with Gasteiger partial charge < -0.3 is 0 Å². The quantitative estimate of drug-likeness (QED) is 0.758. The molecule has 0 aromatic heterocycles. The van der Waals surface area contributed by atoms with Gasteiger partial charge in [-0.05, 0) is 41.4 Å². The zero-order valence-corrected chi connectivity index (χ0v) is 9.59. The van der Waals surface area contributed by atoms with Gasteiger partial charge in [0.15, 0.2) is 0 Å². The van der Waals surface area contributed by atoms with Gasteiger partial charge in [0.2, 0.25) is 0 Å². The molecule has 78 valence electrons. The first kappa shape index (κ1) is 10.6. The van der Waals surface area contributed by atoms with Crippen molar-refractivity contribution in [3.05, 3.63) is 35.4 Å². The molecule has 0 bridgehead atoms. The Morgan fingerprint density at radius 1 is 1.27 bits per heavy atom. The predicted octanol–water partition coefficient (Wildman–Crippen LogP) is 3.36. The molecule has 1 fully saturated rings. The number of hydrogen-bond donors (Lipinski definition) is 0. The van der Waals surface area contributed by atoms with Gasteiger partial charge in [-0.25, -0.2) is 0 Å². The first-order chi connectivity index (χ1) is 7.42. The van der Waals surface area contributed by atoms with Crippen molar-refractivity contribution in [3.8, 4) is 6.07 Å². The van der Waals surface area contributed by atoms with Crippen LogP contribution in [0.15, 0.2) is 24.3 Å². The smallest absolute Gasteiger partial charge is 0.0669 e. The third kappa shape index (κ3) is 2.54. The summed E-state index contributed by atoms with van der Waals surface area (Å²) in [5.41, 5.74) is 2.65. The van der Waals surface area contributed by atoms with Gasteiger partial charge in [-0.3, -0.25) is 0 Å². The molecule has 1 aliphatic heterocycles. The van der Waals surface area contributed by atoms with Gasteiger partial charge in [0.25, 0.3) is 0 Å². The predicted molar refractivity (Wildman–Crippen MR) is 65.1 cm³/mol. The minimum absolute atomic E-state index is 0.555. The molecule has 1 aliphatic rings. The second-order valence-electron chi connectivity index (χ2n) is 3.92. The Morgan fingerprint density at radius 2 is 2.00 bits per heavy atom. The number of hydrogen-bond acceptors (Lipinski definition) is 2. The highest BCUT2D eigenvalue weighted by Gasteiger charge is 2.17. The Labute approximate surface area is 95.5 Å². The van der Waals surface area contributed by atoms with E-state index in [0.29, 0.717) is 12.3 Å². The van der Waals surface area contributed by atoms with Crippen LogP contribution in [0.1, 0.15) is 29.9 Å². The van der Waals surface area contributed by atoms with Crippen LogP contribution in [0.25, 0.3) is 0 Å². The molecular formula is C13H15NS. The molecule has 0 aliphatic carbocycles. The topological polar surface area (TPSA) is 23.8 Å². The van der Waals surface area contributed by atoms with E-state index < -0.39 is 0 Å². The van der Waals surface area contributed by atoms with Crippen molar-refractivity contribution in [2.75, 3.05) is 11.5 Å². The summed E-state index contributed by atoms with van der Waals surface area (Å²) in [6.07, 6.45) is 3.10. The Morgan fingerprint density at radius 3 is 2.73 bits per heavy atom. The second-order valence-corrected chi connectivity index (χ2v) is 5.15. The lowest BCUT2D eigenvalue weighted by Gasteiger charge is -2.23. The van der Waals surface area contributed by atoms with Crippen LogP contribution in [-0.2, 0) is 6.42 Å². The third-order valence-corrected chi connectivity index (χ3v) is 4.03. The summed E-state index contributed by atoms with van der Waals surface area (Å²) in [5.74, 6) is 3.23. The Balaban J connectivity index is 2.21. The Kier molecular flexibility index (Phi) is 3.69. The van der Waals surface area contributed by atoms with Crippen LogP contribution >= 0.6 is 11.8 Å². The summed E-state index contributed by atoms with van der Waals surface area (Å²) in [5, 5.41) is 8.79. The lowest BCUT2D eigenvalue weighted by molar-refractivity contribution is 0.632. The van der Waals surface area contributed by atoms with Crippen LogP contribution in [0.3, 0.4) is 0 Å². The van der Waals surface area contributed by atoms with Crippen LogP contribution < -0.4 is 0 Å². The standard InChI is InChI=1S/C13H15NS/c14-8-5-11-3-1-2-4-13(11)12-6-9-15-10-7-12/h1-4,12H,5-7,9-10H2. The highest BCUT2D eigenvalue weighted by atomic mass is 32.2. The van der Waals surface area contributed by atoms with Gasteiger partial charge in [-0.15, -0.1) is 0 Å². The van der Waals surface area contributed by atoms with Gasteiger partial charge >= 0.3 is 0 Å². The number of benzene rings is 1. The molecule has 15 heavy (non-hydrogen) atoms. The molecule has 1 heterocycles. The molecule has 0 saturated carbocycles. The van der Waals surface area contributed by atoms with E-state index in [9.17, 15) is 0 Å². The molecular weight excluding hydrogens is 202 g/mol. The molecule has 0 amide bonds. The third-order valence-electron chi connectivity index (χ3n) is 2.99. The molecule has 2 rings (SSSR count). The molecule has 1 aromatic rings. The molecule has 1 nitrogen and oxygen atoms in total. The fourth-order valence-electron chi connectivity index (χ4n) is 2.19. The summed E-state index contributed by atoms with van der Waals surface area (Å²) in [7, 11) is 0. The first-order valence-corrected chi connectivity index (χ1v) is 6.60. The zero-order chi connectivity index (χ0) is 10.5. The van der Waals surface area contributed by atoms with E-state index >= 15 is 0 Å². The normalized spacial score (nSPS) is 17.3. The van der Waals surface area contributed by atoms with Crippen LogP contribution in [-0.4, -0.2) is 11.5 Å². The molecule has 2 heteroatoms. The summed E-state index contributed by atoms with van der Waals surface area (Å²) in [4.78, 5) is 0. The van der Waals surface area contributed by atoms with Crippen molar-refractivity contribution in [1.82, 2.24) is 0 Å². The van der Waals surface area contributed by atoms with Crippen molar-refractivity contribution >= 4 is 11.8 Å². The minimum atomic E-state index is 0.555. The van der Waals surface area contributed by atoms with Crippen LogP contribution in [0.5, 0.6) is 0 Å². The fraction of sp³-hybridized carbons (Fsp3) is 0.462. The molecule has 0 N–H and O–H groups in total. The van der Waals surface area contributed by atoms with Crippen molar-refractivity contribution in [2.24, 2.45) is 0 Å². The zero-order valence-electron chi connectivity index (χ0n) is 8.78. The average Bonchev–Trinajstić information content (AvgIpc) is 2.31. The summed E-state index contributed by atoms with van der Waals surface area (Å²) in [6.45, 7) is 0. The number of thioether (sulfide) groups is 1. The number of nitriles is 1. The molecule has 1 aromatic carbocycles. The van der Waals surface area contributed by atoms with E-state index in [-0.39, 0.29) is 0 Å². The van der Waals surface area contributed by atoms with E-state index in [0.717, 1.165) is 0 Å². The SMILES string of the molecule is N#CCc1ccccc1C1CCSCC1. The van der Waals surface area contributed by atoms with E-state index in [1.54, 1.807) is 0 Å². The van der Waals surface area contributed by atoms with Crippen LogP contribution in [0, 0.1) is 11.3 Å². The van der Waals surface area contributed by atoms with Crippen LogP contribution in [0.2, 0.25) is 0 Å². The molecule has 0 atom stereocenters.